The molecule has 0 radical (unpaired) electrons. The Labute approximate surface area is 173 Å². The number of benzene rings is 2. The Morgan fingerprint density at radius 3 is 2.60 bits per heavy atom. The first-order valence-electron chi connectivity index (χ1n) is 9.20. The normalized spacial score (nSPS) is 10.7. The highest BCUT2D eigenvalue weighted by Crippen LogP contribution is 2.35. The molecule has 0 spiro atoms. The number of nitrogens with zero attached hydrogens (tertiary/aromatic N) is 4. The predicted octanol–water partition coefficient (Wildman–Crippen LogP) is 4.77. The van der Waals surface area contributed by atoms with Crippen molar-refractivity contribution < 1.29 is 13.9 Å². The Bertz CT molecular complexity index is 1200. The second-order valence-corrected chi connectivity index (χ2v) is 6.73. The van der Waals surface area contributed by atoms with Crippen LogP contribution in [-0.2, 0) is 0 Å². The largest absolute Gasteiger partial charge is 0.493 e. The molecule has 152 valence electrons. The van der Waals surface area contributed by atoms with E-state index in [-0.39, 0.29) is 5.82 Å². The molecule has 1 N–H and O–H groups in total. The molecule has 0 aliphatic heterocycles. The summed E-state index contributed by atoms with van der Waals surface area (Å²) >= 11 is 0. The van der Waals surface area contributed by atoms with Gasteiger partial charge in [0, 0.05) is 37.3 Å². The average Bonchev–Trinajstić information content (AvgIpc) is 2.74. The summed E-state index contributed by atoms with van der Waals surface area (Å²) in [7, 11) is 5.40. The molecule has 2 heterocycles. The molecule has 0 unspecified atom stereocenters. The third-order valence-corrected chi connectivity index (χ3v) is 4.42. The highest BCUT2D eigenvalue weighted by Gasteiger charge is 2.11. The highest BCUT2D eigenvalue weighted by atomic mass is 19.1. The van der Waals surface area contributed by atoms with Gasteiger partial charge in [-0.05, 0) is 30.3 Å². The summed E-state index contributed by atoms with van der Waals surface area (Å²) in [6.45, 7) is 0. The first-order chi connectivity index (χ1) is 14.5. The summed E-state index contributed by atoms with van der Waals surface area (Å²) in [6, 6.07) is 13.2. The fourth-order valence-corrected chi connectivity index (χ4v) is 2.92. The van der Waals surface area contributed by atoms with E-state index in [1.807, 2.05) is 31.1 Å². The third kappa shape index (κ3) is 4.07. The minimum atomic E-state index is -0.369. The number of fused-ring (bicyclic) bond motifs is 1. The number of nitrogens with one attached hydrogen (secondary N) is 1. The summed E-state index contributed by atoms with van der Waals surface area (Å²) < 4.78 is 24.6. The molecular weight excluding hydrogens is 385 g/mol. The number of methoxy groups -OCH3 is 1. The number of rotatable bonds is 6. The van der Waals surface area contributed by atoms with Gasteiger partial charge >= 0.3 is 0 Å². The number of halogens is 1. The lowest BCUT2D eigenvalue weighted by atomic mass is 10.2. The number of hydrogen-bond donors (Lipinski definition) is 1. The maximum atomic E-state index is 13.4. The second-order valence-electron chi connectivity index (χ2n) is 6.73. The van der Waals surface area contributed by atoms with E-state index in [9.17, 15) is 4.39 Å². The van der Waals surface area contributed by atoms with E-state index >= 15 is 0 Å². The van der Waals surface area contributed by atoms with E-state index in [0.29, 0.717) is 23.1 Å². The van der Waals surface area contributed by atoms with Gasteiger partial charge in [0.05, 0.1) is 18.8 Å². The Hall–Kier alpha value is -3.94. The zero-order chi connectivity index (χ0) is 21.1. The fourth-order valence-electron chi connectivity index (χ4n) is 2.92. The van der Waals surface area contributed by atoms with Crippen LogP contribution < -0.4 is 19.7 Å². The van der Waals surface area contributed by atoms with Gasteiger partial charge in [-0.1, -0.05) is 6.07 Å². The molecule has 0 saturated carbocycles. The van der Waals surface area contributed by atoms with Crippen LogP contribution in [0.3, 0.4) is 0 Å². The topological polar surface area (TPSA) is 72.4 Å². The van der Waals surface area contributed by atoms with Crippen LogP contribution in [-0.4, -0.2) is 36.2 Å². The summed E-state index contributed by atoms with van der Waals surface area (Å²) in [5, 5.41) is 4.14. The molecule has 0 saturated heterocycles. The van der Waals surface area contributed by atoms with Crippen molar-refractivity contribution in [3.05, 3.63) is 66.9 Å². The molecule has 2 aromatic carbocycles. The SMILES string of the molecule is COc1cc(Nc2ncnc3cnc(N(C)C)cc23)ccc1Oc1cccc(F)c1. The van der Waals surface area contributed by atoms with Crippen LogP contribution >= 0.6 is 0 Å². The summed E-state index contributed by atoms with van der Waals surface area (Å²) in [5.41, 5.74) is 1.48. The molecule has 8 heteroatoms. The van der Waals surface area contributed by atoms with Crippen LogP contribution in [0.4, 0.5) is 21.7 Å². The number of ether oxygens (including phenoxy) is 2. The minimum absolute atomic E-state index is 0.369. The smallest absolute Gasteiger partial charge is 0.169 e. The van der Waals surface area contributed by atoms with Crippen LogP contribution in [0.2, 0.25) is 0 Å². The van der Waals surface area contributed by atoms with Crippen LogP contribution in [0, 0.1) is 5.82 Å². The first-order valence-corrected chi connectivity index (χ1v) is 9.20. The van der Waals surface area contributed by atoms with Gasteiger partial charge in [-0.15, -0.1) is 0 Å². The van der Waals surface area contributed by atoms with Crippen molar-refractivity contribution in [2.75, 3.05) is 31.4 Å². The summed E-state index contributed by atoms with van der Waals surface area (Å²) in [4.78, 5) is 15.0. The van der Waals surface area contributed by atoms with Gasteiger partial charge in [0.25, 0.3) is 0 Å². The van der Waals surface area contributed by atoms with E-state index < -0.39 is 0 Å². The van der Waals surface area contributed by atoms with Crippen LogP contribution in [0.5, 0.6) is 17.2 Å². The Morgan fingerprint density at radius 2 is 1.83 bits per heavy atom. The van der Waals surface area contributed by atoms with Crippen LogP contribution in [0.25, 0.3) is 10.9 Å². The summed E-state index contributed by atoms with van der Waals surface area (Å²) in [6.07, 6.45) is 3.20. The van der Waals surface area contributed by atoms with Crippen molar-refractivity contribution in [3.63, 3.8) is 0 Å². The molecule has 0 aliphatic rings. The zero-order valence-corrected chi connectivity index (χ0v) is 16.8. The average molecular weight is 405 g/mol. The monoisotopic (exact) mass is 405 g/mol. The predicted molar refractivity (Wildman–Crippen MR) is 114 cm³/mol. The van der Waals surface area contributed by atoms with E-state index in [0.717, 1.165) is 22.4 Å². The van der Waals surface area contributed by atoms with Gasteiger partial charge in [-0.2, -0.15) is 0 Å². The first kappa shape index (κ1) is 19.4. The van der Waals surface area contributed by atoms with Crippen molar-refractivity contribution >= 4 is 28.2 Å². The van der Waals surface area contributed by atoms with Crippen molar-refractivity contribution in [3.8, 4) is 17.2 Å². The molecule has 0 aliphatic carbocycles. The van der Waals surface area contributed by atoms with Gasteiger partial charge in [0.15, 0.2) is 11.5 Å². The van der Waals surface area contributed by atoms with E-state index in [1.165, 1.54) is 18.5 Å². The number of anilines is 3. The lowest BCUT2D eigenvalue weighted by Crippen LogP contribution is -2.10. The number of hydrogen-bond acceptors (Lipinski definition) is 7. The minimum Gasteiger partial charge on any atom is -0.493 e. The zero-order valence-electron chi connectivity index (χ0n) is 16.8. The van der Waals surface area contributed by atoms with E-state index in [2.05, 4.69) is 20.3 Å². The second kappa shape index (κ2) is 8.20. The van der Waals surface area contributed by atoms with Crippen molar-refractivity contribution in [1.29, 1.82) is 0 Å². The quantitative estimate of drug-likeness (QED) is 0.495. The van der Waals surface area contributed by atoms with Gasteiger partial charge in [-0.25, -0.2) is 19.3 Å². The van der Waals surface area contributed by atoms with Gasteiger partial charge in [0.2, 0.25) is 0 Å². The molecule has 2 aromatic heterocycles. The molecule has 0 bridgehead atoms. The number of aromatic nitrogens is 3. The maximum absolute atomic E-state index is 13.4. The Balaban J connectivity index is 1.64. The Morgan fingerprint density at radius 1 is 0.967 bits per heavy atom. The van der Waals surface area contributed by atoms with Crippen molar-refractivity contribution in [2.24, 2.45) is 0 Å². The molecule has 7 nitrogen and oxygen atoms in total. The fraction of sp³-hybridized carbons (Fsp3) is 0.136. The molecule has 0 fully saturated rings. The summed E-state index contributed by atoms with van der Waals surface area (Å²) in [5.74, 6) is 2.44. The molecule has 4 rings (SSSR count). The lowest BCUT2D eigenvalue weighted by Gasteiger charge is -2.15. The molecule has 0 amide bonds. The molecule has 30 heavy (non-hydrogen) atoms. The van der Waals surface area contributed by atoms with Crippen LogP contribution in [0.15, 0.2) is 61.1 Å². The molecule has 4 aromatic rings. The van der Waals surface area contributed by atoms with Crippen molar-refractivity contribution in [2.45, 2.75) is 0 Å². The van der Waals surface area contributed by atoms with Gasteiger partial charge < -0.3 is 19.7 Å². The third-order valence-electron chi connectivity index (χ3n) is 4.42. The van der Waals surface area contributed by atoms with Gasteiger partial charge in [0.1, 0.15) is 29.5 Å². The number of pyridine rings is 1. The van der Waals surface area contributed by atoms with E-state index in [1.54, 1.807) is 37.6 Å². The maximum Gasteiger partial charge on any atom is 0.169 e. The van der Waals surface area contributed by atoms with Crippen LogP contribution in [0.1, 0.15) is 0 Å². The standard InChI is InChI=1S/C22H20FN5O2/c1-28(2)21-11-17-18(12-24-21)25-13-26-22(17)27-15-7-8-19(20(10-15)29-3)30-16-6-4-5-14(23)9-16/h4-13H,1-3H3,(H,25,26,27). The van der Waals surface area contributed by atoms with Crippen molar-refractivity contribution in [1.82, 2.24) is 15.0 Å². The lowest BCUT2D eigenvalue weighted by molar-refractivity contribution is 0.378. The highest BCUT2D eigenvalue weighted by molar-refractivity contribution is 5.91. The van der Waals surface area contributed by atoms with Gasteiger partial charge in [-0.3, -0.25) is 0 Å². The molecule has 0 atom stereocenters. The Kier molecular flexibility index (Phi) is 5.30. The molecular formula is C22H20FN5O2. The van der Waals surface area contributed by atoms with E-state index in [4.69, 9.17) is 9.47 Å².